The fourth-order valence-corrected chi connectivity index (χ4v) is 8.88. The van der Waals surface area contributed by atoms with Crippen molar-refractivity contribution < 1.29 is 22.7 Å². The van der Waals surface area contributed by atoms with Crippen molar-refractivity contribution in [2.24, 2.45) is 0 Å². The van der Waals surface area contributed by atoms with Gasteiger partial charge >= 0.3 is 6.36 Å². The maximum absolute atomic E-state index is 13.9. The van der Waals surface area contributed by atoms with E-state index in [9.17, 15) is 18.0 Å². The monoisotopic (exact) mass is 872 g/mol. The van der Waals surface area contributed by atoms with Crippen LogP contribution in [0.2, 0.25) is 10.0 Å². The lowest BCUT2D eigenvalue weighted by atomic mass is 9.87. The van der Waals surface area contributed by atoms with E-state index in [2.05, 4.69) is 64.5 Å². The minimum atomic E-state index is -4.77. The Morgan fingerprint density at radius 2 is 1.54 bits per heavy atom. The normalized spacial score (nSPS) is 16.2. The van der Waals surface area contributed by atoms with E-state index >= 15 is 0 Å². The van der Waals surface area contributed by atoms with Crippen molar-refractivity contribution in [2.75, 3.05) is 45.8 Å². The number of nitrogens with one attached hydrogen (secondary N) is 3. The molecule has 2 aliphatic heterocycles. The Balaban J connectivity index is 0.930. The van der Waals surface area contributed by atoms with Crippen LogP contribution in [0.25, 0.3) is 27.7 Å². The number of alkyl halides is 3. The molecule has 0 spiro atoms. The summed E-state index contributed by atoms with van der Waals surface area (Å²) in [5.41, 5.74) is 6.06. The first-order chi connectivity index (χ1) is 29.5. The fraction of sp³-hybridized carbons (Fsp3) is 0.348. The molecule has 2 aliphatic rings. The fourth-order valence-electron chi connectivity index (χ4n) is 8.37. The number of ether oxygens (including phenoxy) is 1. The lowest BCUT2D eigenvalue weighted by Crippen LogP contribution is -2.61. The topological polar surface area (TPSA) is 91.6 Å². The number of benzene rings is 4. The van der Waals surface area contributed by atoms with Crippen molar-refractivity contribution in [1.29, 1.82) is 0 Å². The molecule has 4 aromatic carbocycles. The summed E-state index contributed by atoms with van der Waals surface area (Å²) in [5, 5.41) is 17.1. The summed E-state index contributed by atoms with van der Waals surface area (Å²) in [4.78, 5) is 18.7. The summed E-state index contributed by atoms with van der Waals surface area (Å²) in [7, 11) is 0. The smallest absolute Gasteiger partial charge is 0.406 e. The maximum atomic E-state index is 13.9. The third kappa shape index (κ3) is 10.6. The Bertz CT molecular complexity index is 2390. The molecular formula is C46H49Cl2F3N8O2. The minimum Gasteiger partial charge on any atom is -0.406 e. The second kappa shape index (κ2) is 19.0. The highest BCUT2D eigenvalue weighted by molar-refractivity contribution is 6.36. The van der Waals surface area contributed by atoms with E-state index in [1.54, 1.807) is 12.1 Å². The second-order valence-corrected chi connectivity index (χ2v) is 16.7. The SMILES string of the molecule is O=C(NCCCn1cc(-c2ccc(OC(F)(F)F)cc2)c2cc(CN3CCN(Cc4c(Cl)cccc4Cl)CC3)ccc21)C1(NCc2cnn(-c3ccccc3)c2)CCNCC1. The number of aromatic nitrogens is 3. The van der Waals surface area contributed by atoms with Crippen LogP contribution >= 0.6 is 23.2 Å². The largest absolute Gasteiger partial charge is 0.573 e. The van der Waals surface area contributed by atoms with Crippen LogP contribution < -0.4 is 20.7 Å². The zero-order chi connectivity index (χ0) is 42.4. The van der Waals surface area contributed by atoms with E-state index < -0.39 is 11.9 Å². The molecule has 10 nitrogen and oxygen atoms in total. The Morgan fingerprint density at radius 3 is 2.25 bits per heavy atom. The average Bonchev–Trinajstić information content (AvgIpc) is 3.89. The first-order valence-electron chi connectivity index (χ1n) is 20.7. The van der Waals surface area contributed by atoms with Crippen LogP contribution in [0.5, 0.6) is 5.75 Å². The predicted molar refractivity (Wildman–Crippen MR) is 234 cm³/mol. The number of amides is 1. The van der Waals surface area contributed by atoms with Crippen LogP contribution in [0.1, 0.15) is 36.0 Å². The Labute approximate surface area is 363 Å². The molecule has 2 fully saturated rings. The van der Waals surface area contributed by atoms with Gasteiger partial charge in [-0.2, -0.15) is 5.10 Å². The Hall–Kier alpha value is -4.89. The van der Waals surface area contributed by atoms with E-state index in [-0.39, 0.29) is 11.7 Å². The zero-order valence-electron chi connectivity index (χ0n) is 33.7. The first kappa shape index (κ1) is 42.8. The third-order valence-electron chi connectivity index (χ3n) is 11.7. The van der Waals surface area contributed by atoms with Gasteiger partial charge in [0.2, 0.25) is 5.91 Å². The molecule has 0 aliphatic carbocycles. The summed E-state index contributed by atoms with van der Waals surface area (Å²) in [6, 6.07) is 28.0. The first-order valence-corrected chi connectivity index (χ1v) is 21.5. The summed E-state index contributed by atoms with van der Waals surface area (Å²) in [6.07, 6.45) is 3.11. The molecule has 1 amide bonds. The van der Waals surface area contributed by atoms with Gasteiger partial charge < -0.3 is 19.9 Å². The zero-order valence-corrected chi connectivity index (χ0v) is 35.2. The summed E-state index contributed by atoms with van der Waals surface area (Å²) >= 11 is 12.9. The van der Waals surface area contributed by atoms with Crippen LogP contribution in [0.3, 0.4) is 0 Å². The highest BCUT2D eigenvalue weighted by Crippen LogP contribution is 2.34. The van der Waals surface area contributed by atoms with Gasteiger partial charge in [0.25, 0.3) is 0 Å². The van der Waals surface area contributed by atoms with Crippen molar-refractivity contribution >= 4 is 40.0 Å². The number of nitrogens with zero attached hydrogens (tertiary/aromatic N) is 5. The predicted octanol–water partition coefficient (Wildman–Crippen LogP) is 8.44. The van der Waals surface area contributed by atoms with Gasteiger partial charge in [-0.05, 0) is 92.0 Å². The molecule has 0 radical (unpaired) electrons. The molecule has 2 saturated heterocycles. The number of halogens is 5. The molecule has 0 bridgehead atoms. The molecule has 8 rings (SSSR count). The lowest BCUT2D eigenvalue weighted by Gasteiger charge is -2.37. The van der Waals surface area contributed by atoms with Gasteiger partial charge in [0.1, 0.15) is 11.3 Å². The average molecular weight is 874 g/mol. The highest BCUT2D eigenvalue weighted by Gasteiger charge is 2.39. The van der Waals surface area contributed by atoms with Crippen molar-refractivity contribution in [3.05, 3.63) is 136 Å². The molecule has 2 aromatic heterocycles. The summed E-state index contributed by atoms with van der Waals surface area (Å²) in [6.45, 7) is 8.07. The molecule has 0 saturated carbocycles. The summed E-state index contributed by atoms with van der Waals surface area (Å²) in [5.74, 6) is -0.280. The van der Waals surface area contributed by atoms with Crippen LogP contribution in [0.15, 0.2) is 110 Å². The molecular weight excluding hydrogens is 824 g/mol. The molecule has 0 atom stereocenters. The van der Waals surface area contributed by atoms with Gasteiger partial charge in [-0.1, -0.05) is 65.7 Å². The third-order valence-corrected chi connectivity index (χ3v) is 12.4. The minimum absolute atomic E-state index is 0.0122. The van der Waals surface area contributed by atoms with Crippen LogP contribution in [0, 0.1) is 0 Å². The number of piperidine rings is 1. The van der Waals surface area contributed by atoms with E-state index in [1.807, 2.05) is 65.6 Å². The molecule has 3 N–H and O–H groups in total. The molecule has 0 unspecified atom stereocenters. The van der Waals surface area contributed by atoms with E-state index in [0.29, 0.717) is 55.5 Å². The number of aryl methyl sites for hydroxylation is 1. The molecule has 320 valence electrons. The van der Waals surface area contributed by atoms with Gasteiger partial charge in [0.15, 0.2) is 0 Å². The quantitative estimate of drug-likeness (QED) is 0.0894. The van der Waals surface area contributed by atoms with Gasteiger partial charge in [0.05, 0.1) is 11.9 Å². The van der Waals surface area contributed by atoms with Crippen molar-refractivity contribution in [3.63, 3.8) is 0 Å². The lowest BCUT2D eigenvalue weighted by molar-refractivity contribution is -0.274. The Morgan fingerprint density at radius 1 is 0.836 bits per heavy atom. The number of carbonyl (C=O) groups excluding carboxylic acids is 1. The molecule has 15 heteroatoms. The highest BCUT2D eigenvalue weighted by atomic mass is 35.5. The van der Waals surface area contributed by atoms with Gasteiger partial charge in [-0.25, -0.2) is 4.68 Å². The maximum Gasteiger partial charge on any atom is 0.573 e. The molecule has 6 aromatic rings. The van der Waals surface area contributed by atoms with E-state index in [1.165, 1.54) is 12.1 Å². The Kier molecular flexibility index (Phi) is 13.3. The van der Waals surface area contributed by atoms with E-state index in [4.69, 9.17) is 23.2 Å². The number of fused-ring (bicyclic) bond motifs is 1. The van der Waals surface area contributed by atoms with Crippen LogP contribution in [0.4, 0.5) is 13.2 Å². The van der Waals surface area contributed by atoms with Gasteiger partial charge in [0, 0.05) is 109 Å². The van der Waals surface area contributed by atoms with Crippen molar-refractivity contribution in [3.8, 4) is 22.6 Å². The van der Waals surface area contributed by atoms with Gasteiger partial charge in [-0.15, -0.1) is 13.2 Å². The van der Waals surface area contributed by atoms with Crippen molar-refractivity contribution in [2.45, 2.75) is 57.3 Å². The number of piperazine rings is 1. The summed E-state index contributed by atoms with van der Waals surface area (Å²) < 4.78 is 47.1. The number of hydrogen-bond acceptors (Lipinski definition) is 7. The van der Waals surface area contributed by atoms with Crippen LogP contribution in [-0.2, 0) is 31.0 Å². The number of para-hydroxylation sites is 1. The number of hydrogen-bond donors (Lipinski definition) is 3. The van der Waals surface area contributed by atoms with E-state index in [0.717, 1.165) is 90.2 Å². The molecule has 61 heavy (non-hydrogen) atoms. The van der Waals surface area contributed by atoms with Crippen molar-refractivity contribution in [1.82, 2.24) is 40.1 Å². The van der Waals surface area contributed by atoms with Gasteiger partial charge in [-0.3, -0.25) is 19.9 Å². The molecule has 4 heterocycles. The number of carbonyl (C=O) groups is 1. The standard InChI is InChI=1S/C46H49Cl2F3N8O2/c47-41-8-4-9-42(48)40(41)31-57-24-22-56(23-25-57)29-33-10-15-43-38(26-33)39(35-11-13-37(14-12-35)61-46(49,50)51)32-58(43)21-5-18-53-44(60)45(16-19-52-20-17-45)54-27-34-28-55-59(30-34)36-6-2-1-3-7-36/h1-4,6-15,26,28,30,32,52,54H,5,16-25,27,29,31H2,(H,53,60). The number of rotatable bonds is 15. The van der Waals surface area contributed by atoms with Crippen LogP contribution in [-0.4, -0.2) is 87.8 Å². The second-order valence-electron chi connectivity index (χ2n) is 15.8.